The van der Waals surface area contributed by atoms with Gasteiger partial charge in [0, 0.05) is 4.88 Å². The molecule has 0 fully saturated rings. The molecule has 0 radical (unpaired) electrons. The fourth-order valence-electron chi connectivity index (χ4n) is 0.806. The van der Waals surface area contributed by atoms with E-state index in [1.807, 2.05) is 0 Å². The van der Waals surface area contributed by atoms with Crippen LogP contribution in [0.3, 0.4) is 0 Å². The third-order valence-corrected chi connectivity index (χ3v) is 2.81. The summed E-state index contributed by atoms with van der Waals surface area (Å²) in [5, 5.41) is 1.55. The van der Waals surface area contributed by atoms with Gasteiger partial charge in [0.1, 0.15) is 0 Å². The Balaban J connectivity index is 2.79. The Morgan fingerprint density at radius 2 is 2.00 bits per heavy atom. The molecule has 1 aromatic rings. The summed E-state index contributed by atoms with van der Waals surface area (Å²) in [6, 6.07) is 0. The van der Waals surface area contributed by atoms with Crippen molar-refractivity contribution < 1.29 is 22.4 Å². The molecule has 3 nitrogen and oxygen atoms in total. The van der Waals surface area contributed by atoms with Crippen molar-refractivity contribution in [3.63, 3.8) is 0 Å². The highest BCUT2D eigenvalue weighted by Crippen LogP contribution is 2.27. The third-order valence-electron chi connectivity index (χ3n) is 1.83. The maximum Gasteiger partial charge on any atom is 0.383 e. The van der Waals surface area contributed by atoms with Crippen LogP contribution >= 0.6 is 11.3 Å². The van der Waals surface area contributed by atoms with Crippen LogP contribution in [-0.4, -0.2) is 23.2 Å². The summed E-state index contributed by atoms with van der Waals surface area (Å²) >= 11 is 0.949. The van der Waals surface area contributed by atoms with Crippen LogP contribution in [0, 0.1) is 13.8 Å². The Bertz CT molecular complexity index is 385. The number of thiazole rings is 1. The van der Waals surface area contributed by atoms with Gasteiger partial charge in [-0.1, -0.05) is 0 Å². The molecule has 0 aliphatic rings. The van der Waals surface area contributed by atoms with Crippen LogP contribution < -0.4 is 5.32 Å². The second-order valence-electron chi connectivity index (χ2n) is 3.04. The number of nitrogens with one attached hydrogen (secondary N) is 1. The van der Waals surface area contributed by atoms with Gasteiger partial charge in [-0.15, -0.1) is 11.3 Å². The van der Waals surface area contributed by atoms with Crippen LogP contribution in [0.25, 0.3) is 0 Å². The summed E-state index contributed by atoms with van der Waals surface area (Å²) in [7, 11) is 0. The first kappa shape index (κ1) is 12.9. The van der Waals surface area contributed by atoms with Crippen LogP contribution in [0.2, 0.25) is 0 Å². The molecular weight excluding hydrogens is 248 g/mol. The molecule has 1 amide bonds. The van der Waals surface area contributed by atoms with E-state index >= 15 is 0 Å². The van der Waals surface area contributed by atoms with Crippen molar-refractivity contribution >= 4 is 22.4 Å². The van der Waals surface area contributed by atoms with Gasteiger partial charge in [-0.25, -0.2) is 13.8 Å². The van der Waals surface area contributed by atoms with Crippen molar-refractivity contribution in [3.05, 3.63) is 10.6 Å². The first-order valence-corrected chi connectivity index (χ1v) is 4.98. The van der Waals surface area contributed by atoms with Crippen LogP contribution in [0.15, 0.2) is 0 Å². The lowest BCUT2D eigenvalue weighted by molar-refractivity contribution is -0.163. The largest absolute Gasteiger partial charge is 0.383 e. The zero-order valence-electron chi connectivity index (χ0n) is 8.35. The highest BCUT2D eigenvalue weighted by atomic mass is 32.1. The van der Waals surface area contributed by atoms with Crippen molar-refractivity contribution in [2.45, 2.75) is 26.2 Å². The SMILES string of the molecule is Cc1nc(NC(=O)C(F)(F)C(F)F)sc1C. The van der Waals surface area contributed by atoms with Crippen molar-refractivity contribution in [1.82, 2.24) is 4.98 Å². The quantitative estimate of drug-likeness (QED) is 0.844. The van der Waals surface area contributed by atoms with Gasteiger partial charge in [0.25, 0.3) is 0 Å². The monoisotopic (exact) mass is 256 g/mol. The highest BCUT2D eigenvalue weighted by Gasteiger charge is 2.49. The van der Waals surface area contributed by atoms with E-state index in [0.29, 0.717) is 5.69 Å². The van der Waals surface area contributed by atoms with Crippen LogP contribution in [0.1, 0.15) is 10.6 Å². The molecule has 90 valence electrons. The summed E-state index contributed by atoms with van der Waals surface area (Å²) in [6.45, 7) is 3.29. The molecule has 0 unspecified atom stereocenters. The van der Waals surface area contributed by atoms with E-state index in [0.717, 1.165) is 16.2 Å². The molecule has 0 aliphatic heterocycles. The molecule has 1 aromatic heterocycles. The van der Waals surface area contributed by atoms with E-state index in [1.54, 1.807) is 19.2 Å². The van der Waals surface area contributed by atoms with Crippen molar-refractivity contribution in [1.29, 1.82) is 0 Å². The first-order valence-electron chi connectivity index (χ1n) is 4.16. The van der Waals surface area contributed by atoms with E-state index < -0.39 is 18.3 Å². The first-order chi connectivity index (χ1) is 7.25. The predicted octanol–water partition coefficient (Wildman–Crippen LogP) is 2.60. The van der Waals surface area contributed by atoms with Crippen molar-refractivity contribution in [3.8, 4) is 0 Å². The minimum absolute atomic E-state index is 0.111. The van der Waals surface area contributed by atoms with Gasteiger partial charge < -0.3 is 0 Å². The number of aryl methyl sites for hydroxylation is 2. The minimum atomic E-state index is -4.70. The molecule has 0 bridgehead atoms. The molecule has 0 aromatic carbocycles. The third kappa shape index (κ3) is 2.49. The summed E-state index contributed by atoms with van der Waals surface area (Å²) in [4.78, 5) is 15.3. The lowest BCUT2D eigenvalue weighted by Gasteiger charge is -2.13. The van der Waals surface area contributed by atoms with Gasteiger partial charge in [-0.2, -0.15) is 8.78 Å². The zero-order chi connectivity index (χ0) is 12.5. The zero-order valence-corrected chi connectivity index (χ0v) is 9.17. The van der Waals surface area contributed by atoms with Crippen LogP contribution in [0.4, 0.5) is 22.7 Å². The molecule has 1 heterocycles. The Morgan fingerprint density at radius 3 is 2.38 bits per heavy atom. The molecule has 0 saturated heterocycles. The number of carbonyl (C=O) groups excluding carboxylic acids is 1. The fraction of sp³-hybridized carbons (Fsp3) is 0.500. The number of rotatable bonds is 3. The molecule has 0 saturated carbocycles. The number of anilines is 1. The molecule has 1 N–H and O–H groups in total. The molecule has 16 heavy (non-hydrogen) atoms. The molecule has 0 spiro atoms. The normalized spacial score (nSPS) is 11.9. The number of carbonyl (C=O) groups is 1. The molecular formula is C8H8F4N2OS. The smallest absolute Gasteiger partial charge is 0.296 e. The fourth-order valence-corrected chi connectivity index (χ4v) is 1.62. The number of hydrogen-bond donors (Lipinski definition) is 1. The number of alkyl halides is 4. The number of aromatic nitrogens is 1. The maximum atomic E-state index is 12.5. The van der Waals surface area contributed by atoms with Gasteiger partial charge in [0.15, 0.2) is 5.13 Å². The second-order valence-corrected chi connectivity index (χ2v) is 4.24. The number of halogens is 4. The van der Waals surface area contributed by atoms with Crippen LogP contribution in [0.5, 0.6) is 0 Å². The molecule has 0 aliphatic carbocycles. The average molecular weight is 256 g/mol. The van der Waals surface area contributed by atoms with Gasteiger partial charge in [0.05, 0.1) is 5.69 Å². The van der Waals surface area contributed by atoms with E-state index in [2.05, 4.69) is 4.98 Å². The van der Waals surface area contributed by atoms with Gasteiger partial charge in [-0.05, 0) is 13.8 Å². The van der Waals surface area contributed by atoms with E-state index in [9.17, 15) is 22.4 Å². The predicted molar refractivity (Wildman–Crippen MR) is 51.2 cm³/mol. The maximum absolute atomic E-state index is 12.5. The summed E-state index contributed by atoms with van der Waals surface area (Å²) in [5.74, 6) is -6.75. The van der Waals surface area contributed by atoms with Gasteiger partial charge >= 0.3 is 18.3 Å². The second kappa shape index (κ2) is 4.36. The lowest BCUT2D eigenvalue weighted by Crippen LogP contribution is -2.40. The lowest BCUT2D eigenvalue weighted by atomic mass is 10.3. The summed E-state index contributed by atoms with van der Waals surface area (Å²) in [6.07, 6.45) is -4.03. The molecule has 8 heteroatoms. The molecule has 1 rings (SSSR count). The minimum Gasteiger partial charge on any atom is -0.296 e. The van der Waals surface area contributed by atoms with Crippen LogP contribution in [-0.2, 0) is 4.79 Å². The Kier molecular flexibility index (Phi) is 3.51. The van der Waals surface area contributed by atoms with E-state index in [1.165, 1.54) is 0 Å². The number of hydrogen-bond acceptors (Lipinski definition) is 3. The van der Waals surface area contributed by atoms with Crippen molar-refractivity contribution in [2.24, 2.45) is 0 Å². The Morgan fingerprint density at radius 1 is 1.44 bits per heavy atom. The van der Waals surface area contributed by atoms with E-state index in [-0.39, 0.29) is 5.13 Å². The highest BCUT2D eigenvalue weighted by molar-refractivity contribution is 7.15. The summed E-state index contributed by atoms with van der Waals surface area (Å²) in [5.41, 5.74) is 0.556. The van der Waals surface area contributed by atoms with E-state index in [4.69, 9.17) is 0 Å². The van der Waals surface area contributed by atoms with Gasteiger partial charge in [0.2, 0.25) is 0 Å². The van der Waals surface area contributed by atoms with Gasteiger partial charge in [-0.3, -0.25) is 10.1 Å². The summed E-state index contributed by atoms with van der Waals surface area (Å²) < 4.78 is 48.7. The number of nitrogens with zero attached hydrogens (tertiary/aromatic N) is 1. The topological polar surface area (TPSA) is 42.0 Å². The Hall–Kier alpha value is -1.18. The standard InChI is InChI=1S/C8H8F4N2OS/c1-3-4(2)16-7(13-3)14-6(15)8(11,12)5(9)10/h5H,1-2H3,(H,13,14,15). The average Bonchev–Trinajstić information content (AvgIpc) is 2.45. The Labute approximate surface area is 92.5 Å². The molecule has 0 atom stereocenters. The number of amides is 1. The van der Waals surface area contributed by atoms with Crippen molar-refractivity contribution in [2.75, 3.05) is 5.32 Å².